The van der Waals surface area contributed by atoms with Crippen molar-refractivity contribution >= 4 is 11.8 Å². The number of hydrogen-bond donors (Lipinski definition) is 2. The normalized spacial score (nSPS) is 11.8. The average Bonchev–Trinajstić information content (AvgIpc) is 2.37. The highest BCUT2D eigenvalue weighted by molar-refractivity contribution is 7.99. The maximum Gasteiger partial charge on any atom is 0.0698 e. The lowest BCUT2D eigenvalue weighted by Crippen LogP contribution is -2.35. The van der Waals surface area contributed by atoms with Crippen LogP contribution in [0, 0.1) is 0 Å². The summed E-state index contributed by atoms with van der Waals surface area (Å²) >= 11 is 1.78. The van der Waals surface area contributed by atoms with Gasteiger partial charge in [-0.3, -0.25) is 0 Å². The first-order valence-electron chi connectivity index (χ1n) is 6.66. The summed E-state index contributed by atoms with van der Waals surface area (Å²) in [5.41, 5.74) is 1.45. The van der Waals surface area contributed by atoms with Crippen molar-refractivity contribution in [1.82, 2.24) is 5.32 Å². The molecule has 0 unspecified atom stereocenters. The predicted octanol–water partition coefficient (Wildman–Crippen LogP) is 2.68. The first-order chi connectivity index (χ1) is 9.01. The highest BCUT2D eigenvalue weighted by Crippen LogP contribution is 2.18. The molecule has 4 heteroatoms. The third-order valence-corrected chi connectivity index (χ3v) is 3.45. The van der Waals surface area contributed by atoms with Crippen molar-refractivity contribution in [2.45, 2.75) is 37.8 Å². The van der Waals surface area contributed by atoms with Gasteiger partial charge in [-0.2, -0.15) is 0 Å². The molecule has 0 spiro atoms. The number of ether oxygens (including phenoxy) is 1. The summed E-state index contributed by atoms with van der Waals surface area (Å²) in [6.45, 7) is 8.61. The first-order valence-corrected chi connectivity index (χ1v) is 7.65. The second kappa shape index (κ2) is 8.59. The van der Waals surface area contributed by atoms with Crippen LogP contribution in [0.15, 0.2) is 29.2 Å². The zero-order chi connectivity index (χ0) is 14.1. The molecule has 0 amide bonds. The molecule has 0 atom stereocenters. The number of hydrogen-bond acceptors (Lipinski definition) is 4. The second-order valence-electron chi connectivity index (χ2n) is 5.43. The van der Waals surface area contributed by atoms with Crippen molar-refractivity contribution in [3.8, 4) is 0 Å². The summed E-state index contributed by atoms with van der Waals surface area (Å²) in [6.07, 6.45) is 0. The minimum absolute atomic E-state index is 0.0974. The van der Waals surface area contributed by atoms with E-state index in [-0.39, 0.29) is 12.1 Å². The van der Waals surface area contributed by atoms with Gasteiger partial charge in [0.2, 0.25) is 0 Å². The fraction of sp³-hybridized carbons (Fsp3) is 0.600. The summed E-state index contributed by atoms with van der Waals surface area (Å²) in [6, 6.07) is 8.62. The van der Waals surface area contributed by atoms with E-state index in [0.29, 0.717) is 13.2 Å². The smallest absolute Gasteiger partial charge is 0.0698 e. The van der Waals surface area contributed by atoms with Crippen LogP contribution in [0.25, 0.3) is 0 Å². The van der Waals surface area contributed by atoms with E-state index < -0.39 is 0 Å². The largest absolute Gasteiger partial charge is 0.394 e. The monoisotopic (exact) mass is 283 g/mol. The number of thioether (sulfide) groups is 1. The Morgan fingerprint density at radius 2 is 1.84 bits per heavy atom. The van der Waals surface area contributed by atoms with Gasteiger partial charge in [-0.05, 0) is 38.5 Å². The van der Waals surface area contributed by atoms with Crippen molar-refractivity contribution < 1.29 is 9.84 Å². The van der Waals surface area contributed by atoms with Crippen LogP contribution >= 0.6 is 11.8 Å². The zero-order valence-electron chi connectivity index (χ0n) is 12.1. The van der Waals surface area contributed by atoms with Crippen molar-refractivity contribution in [3.05, 3.63) is 29.8 Å². The molecule has 0 radical (unpaired) electrons. The molecule has 1 aromatic rings. The topological polar surface area (TPSA) is 41.5 Å². The Labute approximate surface area is 120 Å². The Kier molecular flexibility index (Phi) is 7.46. The van der Waals surface area contributed by atoms with Gasteiger partial charge < -0.3 is 15.2 Å². The van der Waals surface area contributed by atoms with Gasteiger partial charge >= 0.3 is 0 Å². The molecule has 3 nitrogen and oxygen atoms in total. The quantitative estimate of drug-likeness (QED) is 0.568. The molecule has 2 N–H and O–H groups in total. The maximum absolute atomic E-state index is 8.58. The fourth-order valence-electron chi connectivity index (χ4n) is 1.46. The Morgan fingerprint density at radius 3 is 2.42 bits per heavy atom. The van der Waals surface area contributed by atoms with Gasteiger partial charge in [0.1, 0.15) is 0 Å². The minimum Gasteiger partial charge on any atom is -0.394 e. The molecule has 1 rings (SSSR count). The SMILES string of the molecule is CC(C)(C)NCc1ccc(SCCOCCO)cc1. The maximum atomic E-state index is 8.58. The van der Waals surface area contributed by atoms with E-state index in [4.69, 9.17) is 9.84 Å². The van der Waals surface area contributed by atoms with E-state index >= 15 is 0 Å². The highest BCUT2D eigenvalue weighted by atomic mass is 32.2. The first kappa shape index (κ1) is 16.5. The van der Waals surface area contributed by atoms with E-state index in [9.17, 15) is 0 Å². The van der Waals surface area contributed by atoms with Crippen molar-refractivity contribution in [2.24, 2.45) is 0 Å². The number of aliphatic hydroxyl groups excluding tert-OH is 1. The summed E-state index contributed by atoms with van der Waals surface area (Å²) in [5.74, 6) is 0.916. The molecule has 1 aromatic carbocycles. The molecule has 0 fully saturated rings. The molecule has 0 aliphatic rings. The molecule has 0 saturated heterocycles. The van der Waals surface area contributed by atoms with Crippen molar-refractivity contribution in [2.75, 3.05) is 25.6 Å². The highest BCUT2D eigenvalue weighted by Gasteiger charge is 2.07. The lowest BCUT2D eigenvalue weighted by molar-refractivity contribution is 0.103. The van der Waals surface area contributed by atoms with Crippen LogP contribution in [0.1, 0.15) is 26.3 Å². The van der Waals surface area contributed by atoms with E-state index in [1.807, 2.05) is 0 Å². The summed E-state index contributed by atoms with van der Waals surface area (Å²) in [7, 11) is 0. The van der Waals surface area contributed by atoms with Gasteiger partial charge in [0.05, 0.1) is 19.8 Å². The lowest BCUT2D eigenvalue weighted by atomic mass is 10.1. The van der Waals surface area contributed by atoms with Gasteiger partial charge in [0, 0.05) is 22.7 Å². The molecule has 0 saturated carbocycles. The summed E-state index contributed by atoms with van der Waals surface area (Å²) in [4.78, 5) is 1.26. The van der Waals surface area contributed by atoms with Crippen LogP contribution in [0.4, 0.5) is 0 Å². The molecule has 0 aliphatic carbocycles. The Balaban J connectivity index is 2.27. The number of rotatable bonds is 8. The molecule has 0 bridgehead atoms. The van der Waals surface area contributed by atoms with Gasteiger partial charge in [0.25, 0.3) is 0 Å². The Bertz CT molecular complexity index is 346. The fourth-order valence-corrected chi connectivity index (χ4v) is 2.22. The molecule has 0 aliphatic heterocycles. The van der Waals surface area contributed by atoms with E-state index in [1.54, 1.807) is 11.8 Å². The van der Waals surface area contributed by atoms with E-state index in [0.717, 1.165) is 12.3 Å². The number of nitrogens with one attached hydrogen (secondary N) is 1. The average molecular weight is 283 g/mol. The van der Waals surface area contributed by atoms with Crippen LogP contribution in [-0.4, -0.2) is 36.2 Å². The Morgan fingerprint density at radius 1 is 1.16 bits per heavy atom. The summed E-state index contributed by atoms with van der Waals surface area (Å²) in [5, 5.41) is 12.1. The van der Waals surface area contributed by atoms with Gasteiger partial charge in [-0.25, -0.2) is 0 Å². The molecule has 19 heavy (non-hydrogen) atoms. The van der Waals surface area contributed by atoms with Gasteiger partial charge in [0.15, 0.2) is 0 Å². The molecular formula is C15H25NO2S. The van der Waals surface area contributed by atoms with Crippen LogP contribution in [0.2, 0.25) is 0 Å². The lowest BCUT2D eigenvalue weighted by Gasteiger charge is -2.20. The van der Waals surface area contributed by atoms with Crippen LogP contribution in [0.5, 0.6) is 0 Å². The van der Waals surface area contributed by atoms with Crippen molar-refractivity contribution in [1.29, 1.82) is 0 Å². The third kappa shape index (κ3) is 8.26. The van der Waals surface area contributed by atoms with E-state index in [1.165, 1.54) is 10.5 Å². The molecule has 108 valence electrons. The van der Waals surface area contributed by atoms with Crippen LogP contribution < -0.4 is 5.32 Å². The molecule has 0 aromatic heterocycles. The molecular weight excluding hydrogens is 258 g/mol. The Hall–Kier alpha value is -0.550. The number of benzene rings is 1. The van der Waals surface area contributed by atoms with Crippen molar-refractivity contribution in [3.63, 3.8) is 0 Å². The standard InChI is InChI=1S/C15H25NO2S/c1-15(2,3)16-12-13-4-6-14(7-5-13)19-11-10-18-9-8-17/h4-7,16-17H,8-12H2,1-3H3. The van der Waals surface area contributed by atoms with Crippen LogP contribution in [0.3, 0.4) is 0 Å². The number of aliphatic hydroxyl groups is 1. The minimum atomic E-state index is 0.0974. The second-order valence-corrected chi connectivity index (χ2v) is 6.60. The predicted molar refractivity (Wildman–Crippen MR) is 81.7 cm³/mol. The van der Waals surface area contributed by atoms with Gasteiger partial charge in [-0.15, -0.1) is 11.8 Å². The zero-order valence-corrected chi connectivity index (χ0v) is 12.9. The third-order valence-electron chi connectivity index (χ3n) is 2.48. The van der Waals surface area contributed by atoms with Crippen LogP contribution in [-0.2, 0) is 11.3 Å². The summed E-state index contributed by atoms with van der Waals surface area (Å²) < 4.78 is 5.22. The van der Waals surface area contributed by atoms with Gasteiger partial charge in [-0.1, -0.05) is 12.1 Å². The molecule has 0 heterocycles. The van der Waals surface area contributed by atoms with E-state index in [2.05, 4.69) is 50.4 Å².